The van der Waals surface area contributed by atoms with Gasteiger partial charge in [0.25, 0.3) is 0 Å². The van der Waals surface area contributed by atoms with Gasteiger partial charge in [0.15, 0.2) is 0 Å². The Labute approximate surface area is 132 Å². The molecule has 1 saturated heterocycles. The zero-order valence-corrected chi connectivity index (χ0v) is 13.7. The van der Waals surface area contributed by atoms with Gasteiger partial charge in [-0.1, -0.05) is 20.3 Å². The summed E-state index contributed by atoms with van der Waals surface area (Å²) in [5.74, 6) is 0.227. The Hall–Kier alpha value is -1.26. The first-order chi connectivity index (χ1) is 10.3. The summed E-state index contributed by atoms with van der Waals surface area (Å²) in [4.78, 5) is 25.7. The quantitative estimate of drug-likeness (QED) is 0.820. The largest absolute Gasteiger partial charge is 0.481 e. The lowest BCUT2D eigenvalue weighted by Gasteiger charge is -2.26. The van der Waals surface area contributed by atoms with Crippen molar-refractivity contribution in [1.82, 2.24) is 10.2 Å². The van der Waals surface area contributed by atoms with Crippen LogP contribution in [0.2, 0.25) is 0 Å². The molecular weight excluding hydrogens is 280 g/mol. The van der Waals surface area contributed by atoms with Crippen LogP contribution in [0.15, 0.2) is 0 Å². The summed E-state index contributed by atoms with van der Waals surface area (Å²) in [6.07, 6.45) is 6.24. The molecule has 3 fully saturated rings. The zero-order valence-electron chi connectivity index (χ0n) is 13.7. The molecule has 2 N–H and O–H groups in total. The van der Waals surface area contributed by atoms with Crippen LogP contribution in [-0.2, 0) is 4.79 Å². The van der Waals surface area contributed by atoms with E-state index in [4.69, 9.17) is 0 Å². The standard InChI is InChI=1S/C17H28N2O3/c1-16(2,12-5-6-12)8-9-18-15(22)19-10-13-4-3-7-17(13,11-19)14(20)21/h12-13H,3-11H2,1-2H3,(H,18,22)(H,20,21)/t13-,17+/m0/s1. The van der Waals surface area contributed by atoms with Gasteiger partial charge in [0.2, 0.25) is 0 Å². The molecule has 5 nitrogen and oxygen atoms in total. The highest BCUT2D eigenvalue weighted by Gasteiger charge is 2.55. The molecule has 0 bridgehead atoms. The predicted octanol–water partition coefficient (Wildman–Crippen LogP) is 2.71. The van der Waals surface area contributed by atoms with Gasteiger partial charge < -0.3 is 15.3 Å². The third-order valence-corrected chi connectivity index (χ3v) is 6.31. The molecule has 0 unspecified atom stereocenters. The van der Waals surface area contributed by atoms with Crippen molar-refractivity contribution < 1.29 is 14.7 Å². The number of fused-ring (bicyclic) bond motifs is 1. The molecule has 2 saturated carbocycles. The molecule has 0 spiro atoms. The second kappa shape index (κ2) is 5.43. The van der Waals surface area contributed by atoms with Gasteiger partial charge in [0.1, 0.15) is 0 Å². The highest BCUT2D eigenvalue weighted by molar-refractivity contribution is 5.80. The lowest BCUT2D eigenvalue weighted by molar-refractivity contribution is -0.149. The van der Waals surface area contributed by atoms with Gasteiger partial charge in [-0.3, -0.25) is 4.79 Å². The fourth-order valence-electron chi connectivity index (χ4n) is 4.47. The van der Waals surface area contributed by atoms with Gasteiger partial charge in [-0.25, -0.2) is 4.79 Å². The minimum Gasteiger partial charge on any atom is -0.481 e. The number of hydrogen-bond acceptors (Lipinski definition) is 2. The molecule has 124 valence electrons. The van der Waals surface area contributed by atoms with Gasteiger partial charge in [-0.05, 0) is 49.4 Å². The topological polar surface area (TPSA) is 69.6 Å². The van der Waals surface area contributed by atoms with Crippen molar-refractivity contribution in [3.63, 3.8) is 0 Å². The van der Waals surface area contributed by atoms with Crippen molar-refractivity contribution in [3.8, 4) is 0 Å². The Morgan fingerprint density at radius 2 is 2.05 bits per heavy atom. The number of carbonyl (C=O) groups is 2. The zero-order chi connectivity index (χ0) is 16.0. The van der Waals surface area contributed by atoms with E-state index in [-0.39, 0.29) is 11.9 Å². The number of nitrogens with zero attached hydrogens (tertiary/aromatic N) is 1. The van der Waals surface area contributed by atoms with E-state index in [1.165, 1.54) is 12.8 Å². The van der Waals surface area contributed by atoms with E-state index in [0.717, 1.165) is 25.2 Å². The summed E-state index contributed by atoms with van der Waals surface area (Å²) < 4.78 is 0. The van der Waals surface area contributed by atoms with Crippen LogP contribution in [0.4, 0.5) is 4.79 Å². The van der Waals surface area contributed by atoms with Crippen molar-refractivity contribution in [2.24, 2.45) is 22.7 Å². The Morgan fingerprint density at radius 3 is 2.64 bits per heavy atom. The van der Waals surface area contributed by atoms with E-state index in [1.54, 1.807) is 4.90 Å². The average Bonchev–Trinajstić information content (AvgIpc) is 3.11. The van der Waals surface area contributed by atoms with Crippen molar-refractivity contribution in [2.45, 2.75) is 52.4 Å². The molecule has 0 aromatic carbocycles. The summed E-state index contributed by atoms with van der Waals surface area (Å²) >= 11 is 0. The summed E-state index contributed by atoms with van der Waals surface area (Å²) in [5.41, 5.74) is -0.373. The Morgan fingerprint density at radius 1 is 1.32 bits per heavy atom. The van der Waals surface area contributed by atoms with Crippen LogP contribution in [0.5, 0.6) is 0 Å². The second-order valence-corrected chi connectivity index (χ2v) is 8.18. The van der Waals surface area contributed by atoms with Gasteiger partial charge in [0.05, 0.1) is 5.41 Å². The van der Waals surface area contributed by atoms with Gasteiger partial charge in [-0.15, -0.1) is 0 Å². The number of rotatable bonds is 5. The van der Waals surface area contributed by atoms with Crippen LogP contribution in [0.25, 0.3) is 0 Å². The maximum atomic E-state index is 12.3. The first-order valence-electron chi connectivity index (χ1n) is 8.61. The number of carbonyl (C=O) groups excluding carboxylic acids is 1. The molecule has 1 aliphatic heterocycles. The van der Waals surface area contributed by atoms with Gasteiger partial charge in [0, 0.05) is 19.6 Å². The van der Waals surface area contributed by atoms with Crippen molar-refractivity contribution in [3.05, 3.63) is 0 Å². The lowest BCUT2D eigenvalue weighted by atomic mass is 9.81. The number of carboxylic acids is 1. The van der Waals surface area contributed by atoms with Crippen LogP contribution in [0, 0.1) is 22.7 Å². The first-order valence-corrected chi connectivity index (χ1v) is 8.61. The van der Waals surface area contributed by atoms with E-state index in [1.807, 2.05) is 0 Å². The fourth-order valence-corrected chi connectivity index (χ4v) is 4.47. The molecular formula is C17H28N2O3. The summed E-state index contributed by atoms with van der Waals surface area (Å²) in [5, 5.41) is 12.6. The number of likely N-dealkylation sites (tertiary alicyclic amines) is 1. The molecule has 0 aromatic heterocycles. The molecule has 3 aliphatic rings. The monoisotopic (exact) mass is 308 g/mol. The number of amides is 2. The average molecular weight is 308 g/mol. The van der Waals surface area contributed by atoms with E-state index in [2.05, 4.69) is 19.2 Å². The lowest BCUT2D eigenvalue weighted by Crippen LogP contribution is -2.42. The number of carboxylic acid groups (broad SMARTS) is 1. The van der Waals surface area contributed by atoms with Crippen LogP contribution < -0.4 is 5.32 Å². The highest BCUT2D eigenvalue weighted by Crippen LogP contribution is 2.49. The third kappa shape index (κ3) is 2.70. The molecule has 1 heterocycles. The Balaban J connectivity index is 1.50. The molecule has 3 rings (SSSR count). The van der Waals surface area contributed by atoms with Gasteiger partial charge >= 0.3 is 12.0 Å². The van der Waals surface area contributed by atoms with E-state index < -0.39 is 11.4 Å². The summed E-state index contributed by atoms with van der Waals surface area (Å²) in [7, 11) is 0. The summed E-state index contributed by atoms with van der Waals surface area (Å²) in [6, 6.07) is -0.0818. The minimum absolute atomic E-state index is 0.0818. The maximum absolute atomic E-state index is 12.3. The van der Waals surface area contributed by atoms with Crippen molar-refractivity contribution >= 4 is 12.0 Å². The maximum Gasteiger partial charge on any atom is 0.317 e. The van der Waals surface area contributed by atoms with Crippen LogP contribution in [-0.4, -0.2) is 41.6 Å². The van der Waals surface area contributed by atoms with Crippen molar-refractivity contribution in [1.29, 1.82) is 0 Å². The van der Waals surface area contributed by atoms with Crippen LogP contribution in [0.1, 0.15) is 52.4 Å². The van der Waals surface area contributed by atoms with E-state index in [9.17, 15) is 14.7 Å². The van der Waals surface area contributed by atoms with Crippen molar-refractivity contribution in [2.75, 3.05) is 19.6 Å². The molecule has 5 heteroatoms. The molecule has 0 radical (unpaired) electrons. The Bertz CT molecular complexity index is 473. The van der Waals surface area contributed by atoms with E-state index in [0.29, 0.717) is 31.5 Å². The van der Waals surface area contributed by atoms with Gasteiger partial charge in [-0.2, -0.15) is 0 Å². The number of nitrogens with one attached hydrogen (secondary N) is 1. The fraction of sp³-hybridized carbons (Fsp3) is 0.882. The molecule has 22 heavy (non-hydrogen) atoms. The minimum atomic E-state index is -0.722. The smallest absolute Gasteiger partial charge is 0.317 e. The predicted molar refractivity (Wildman–Crippen MR) is 83.5 cm³/mol. The SMILES string of the molecule is CC(C)(CCNC(=O)N1C[C@@H]2CCC[C@@]2(C(=O)O)C1)C1CC1. The van der Waals surface area contributed by atoms with E-state index >= 15 is 0 Å². The molecule has 2 amide bonds. The number of aliphatic carboxylic acids is 1. The third-order valence-electron chi connectivity index (χ3n) is 6.31. The molecule has 2 atom stereocenters. The van der Waals surface area contributed by atoms with Crippen LogP contribution in [0.3, 0.4) is 0 Å². The first kappa shape index (κ1) is 15.6. The normalized spacial score (nSPS) is 31.2. The number of hydrogen-bond donors (Lipinski definition) is 2. The second-order valence-electron chi connectivity index (χ2n) is 8.18. The summed E-state index contributed by atoms with van der Waals surface area (Å²) in [6.45, 7) is 6.21. The molecule has 2 aliphatic carbocycles. The Kier molecular flexibility index (Phi) is 3.86. The highest BCUT2D eigenvalue weighted by atomic mass is 16.4. The molecule has 0 aromatic rings. The number of urea groups is 1. The van der Waals surface area contributed by atoms with Crippen LogP contribution >= 0.6 is 0 Å².